The van der Waals surface area contributed by atoms with Crippen molar-refractivity contribution in [2.75, 3.05) is 0 Å². The van der Waals surface area contributed by atoms with Crippen LogP contribution in [0.25, 0.3) is 0 Å². The minimum Gasteiger partial charge on any atom is -0.325 e. The molecule has 2 rings (SSSR count). The average molecular weight is 231 g/mol. The van der Waals surface area contributed by atoms with Gasteiger partial charge in [-0.3, -0.25) is 14.8 Å². The lowest BCUT2D eigenvalue weighted by Gasteiger charge is -2.03. The van der Waals surface area contributed by atoms with Crippen LogP contribution in [0.4, 0.5) is 4.39 Å². The molecule has 2 N–H and O–H groups in total. The van der Waals surface area contributed by atoms with Crippen molar-refractivity contribution >= 4 is 5.78 Å². The van der Waals surface area contributed by atoms with Gasteiger partial charge in [0.2, 0.25) is 0 Å². The molecule has 0 amide bonds. The lowest BCUT2D eigenvalue weighted by atomic mass is 10.0. The fourth-order valence-corrected chi connectivity index (χ4v) is 1.45. The van der Waals surface area contributed by atoms with Gasteiger partial charge in [0.05, 0.1) is 17.5 Å². The van der Waals surface area contributed by atoms with Crippen LogP contribution < -0.4 is 5.73 Å². The Morgan fingerprint density at radius 3 is 2.88 bits per heavy atom. The fraction of sp³-hybridized carbons (Fsp3) is 0.0833. The van der Waals surface area contributed by atoms with Gasteiger partial charge in [-0.15, -0.1) is 0 Å². The van der Waals surface area contributed by atoms with Crippen LogP contribution in [0.5, 0.6) is 0 Å². The molecule has 0 radical (unpaired) electrons. The highest BCUT2D eigenvalue weighted by atomic mass is 19.1. The predicted octanol–water partition coefficient (Wildman–Crippen LogP) is 1.31. The molecule has 0 saturated heterocycles. The number of nitrogens with two attached hydrogens (primary N) is 1. The quantitative estimate of drug-likeness (QED) is 0.808. The summed E-state index contributed by atoms with van der Waals surface area (Å²) in [6, 6.07) is 4.43. The Hall–Kier alpha value is -2.14. The van der Waals surface area contributed by atoms with E-state index >= 15 is 0 Å². The third kappa shape index (κ3) is 2.34. The molecule has 17 heavy (non-hydrogen) atoms. The highest BCUT2D eigenvalue weighted by Crippen LogP contribution is 2.12. The number of pyridine rings is 2. The predicted molar refractivity (Wildman–Crippen MR) is 59.8 cm³/mol. The van der Waals surface area contributed by atoms with Crippen LogP contribution in [0, 0.1) is 5.82 Å². The molecule has 2 heterocycles. The fourth-order valence-electron chi connectivity index (χ4n) is 1.45. The number of halogens is 1. The van der Waals surface area contributed by atoms with E-state index in [1.165, 1.54) is 24.5 Å². The van der Waals surface area contributed by atoms with Crippen LogP contribution in [-0.2, 0) is 6.54 Å². The van der Waals surface area contributed by atoms with Crippen molar-refractivity contribution in [2.24, 2.45) is 5.73 Å². The number of rotatable bonds is 3. The van der Waals surface area contributed by atoms with Crippen molar-refractivity contribution in [1.82, 2.24) is 9.97 Å². The molecule has 0 aliphatic rings. The van der Waals surface area contributed by atoms with Gasteiger partial charge in [0.25, 0.3) is 0 Å². The van der Waals surface area contributed by atoms with Gasteiger partial charge < -0.3 is 5.73 Å². The van der Waals surface area contributed by atoms with Crippen molar-refractivity contribution in [1.29, 1.82) is 0 Å². The molecule has 0 atom stereocenters. The average Bonchev–Trinajstić information content (AvgIpc) is 2.38. The highest BCUT2D eigenvalue weighted by Gasteiger charge is 2.14. The van der Waals surface area contributed by atoms with Crippen LogP contribution in [0.15, 0.2) is 36.8 Å². The molecule has 0 bridgehead atoms. The molecule has 0 unspecified atom stereocenters. The topological polar surface area (TPSA) is 68.9 Å². The molecular formula is C12H10FN3O. The van der Waals surface area contributed by atoms with Crippen LogP contribution in [0.3, 0.4) is 0 Å². The first-order chi connectivity index (χ1) is 8.22. The normalized spacial score (nSPS) is 10.2. The molecule has 2 aromatic heterocycles. The summed E-state index contributed by atoms with van der Waals surface area (Å²) in [5.41, 5.74) is 6.38. The largest absolute Gasteiger partial charge is 0.325 e. The third-order valence-electron chi connectivity index (χ3n) is 2.30. The lowest BCUT2D eigenvalue weighted by Crippen LogP contribution is -2.07. The van der Waals surface area contributed by atoms with Gasteiger partial charge >= 0.3 is 0 Å². The van der Waals surface area contributed by atoms with Gasteiger partial charge in [-0.05, 0) is 18.2 Å². The van der Waals surface area contributed by atoms with Gasteiger partial charge in [0.1, 0.15) is 0 Å². The van der Waals surface area contributed by atoms with Gasteiger partial charge in [-0.2, -0.15) is 0 Å². The van der Waals surface area contributed by atoms with E-state index in [0.717, 1.165) is 6.20 Å². The molecular weight excluding hydrogens is 221 g/mol. The Kier molecular flexibility index (Phi) is 3.20. The summed E-state index contributed by atoms with van der Waals surface area (Å²) in [5.74, 6) is -1.04. The first-order valence-electron chi connectivity index (χ1n) is 5.01. The van der Waals surface area contributed by atoms with Gasteiger partial charge in [-0.1, -0.05) is 0 Å². The van der Waals surface area contributed by atoms with Gasteiger partial charge in [0.15, 0.2) is 11.6 Å². The number of ketones is 1. The van der Waals surface area contributed by atoms with Crippen LogP contribution in [0.1, 0.15) is 21.6 Å². The number of aromatic nitrogens is 2. The number of carbonyl (C=O) groups is 1. The molecule has 0 aliphatic carbocycles. The van der Waals surface area contributed by atoms with E-state index in [4.69, 9.17) is 5.73 Å². The number of carbonyl (C=O) groups excluding carboxylic acids is 1. The Labute approximate surface area is 97.3 Å². The summed E-state index contributed by atoms with van der Waals surface area (Å²) in [5, 5.41) is 0. The lowest BCUT2D eigenvalue weighted by molar-refractivity contribution is 0.103. The second kappa shape index (κ2) is 4.80. The molecule has 86 valence electrons. The molecule has 0 fully saturated rings. The van der Waals surface area contributed by atoms with Crippen molar-refractivity contribution in [2.45, 2.75) is 6.54 Å². The minimum absolute atomic E-state index is 0.00540. The zero-order valence-corrected chi connectivity index (χ0v) is 8.93. The number of hydrogen-bond donors (Lipinski definition) is 1. The number of hydrogen-bond acceptors (Lipinski definition) is 4. The Morgan fingerprint density at radius 1 is 1.35 bits per heavy atom. The van der Waals surface area contributed by atoms with Gasteiger partial charge in [-0.25, -0.2) is 4.39 Å². The van der Waals surface area contributed by atoms with E-state index in [9.17, 15) is 9.18 Å². The van der Waals surface area contributed by atoms with Gasteiger partial charge in [0, 0.05) is 24.5 Å². The van der Waals surface area contributed by atoms with E-state index < -0.39 is 11.6 Å². The van der Waals surface area contributed by atoms with E-state index in [0.29, 0.717) is 11.3 Å². The monoisotopic (exact) mass is 231 g/mol. The molecule has 5 heteroatoms. The number of nitrogens with zero attached hydrogens (tertiary/aromatic N) is 2. The van der Waals surface area contributed by atoms with E-state index in [2.05, 4.69) is 9.97 Å². The highest BCUT2D eigenvalue weighted by molar-refractivity contribution is 6.09. The Morgan fingerprint density at radius 2 is 2.18 bits per heavy atom. The second-order valence-corrected chi connectivity index (χ2v) is 3.42. The van der Waals surface area contributed by atoms with E-state index in [1.807, 2.05) is 0 Å². The maximum atomic E-state index is 13.4. The molecule has 2 aromatic rings. The molecule has 0 saturated carbocycles. The van der Waals surface area contributed by atoms with E-state index in [1.54, 1.807) is 6.07 Å². The smallest absolute Gasteiger partial charge is 0.196 e. The van der Waals surface area contributed by atoms with Crippen LogP contribution >= 0.6 is 0 Å². The standard InChI is InChI=1S/C12H10FN3O/c13-11-7-15-3-2-10(11)12(17)8-1-4-16-9(5-8)6-14/h1-5,7H,6,14H2. The Bertz CT molecular complexity index is 557. The molecule has 0 spiro atoms. The summed E-state index contributed by atoms with van der Waals surface area (Å²) >= 11 is 0. The molecule has 0 aliphatic heterocycles. The Balaban J connectivity index is 2.40. The van der Waals surface area contributed by atoms with E-state index in [-0.39, 0.29) is 12.1 Å². The zero-order chi connectivity index (χ0) is 12.3. The second-order valence-electron chi connectivity index (χ2n) is 3.42. The summed E-state index contributed by atoms with van der Waals surface area (Å²) in [4.78, 5) is 19.6. The molecule has 0 aromatic carbocycles. The zero-order valence-electron chi connectivity index (χ0n) is 8.93. The summed E-state index contributed by atoms with van der Waals surface area (Å²) in [6.45, 7) is 0.236. The molecule has 4 nitrogen and oxygen atoms in total. The maximum Gasteiger partial charge on any atom is 0.196 e. The summed E-state index contributed by atoms with van der Waals surface area (Å²) in [7, 11) is 0. The first-order valence-corrected chi connectivity index (χ1v) is 5.01. The minimum atomic E-state index is -0.636. The third-order valence-corrected chi connectivity index (χ3v) is 2.30. The maximum absolute atomic E-state index is 13.4. The first kappa shape index (κ1) is 11.3. The van der Waals surface area contributed by atoms with Crippen molar-refractivity contribution in [3.8, 4) is 0 Å². The van der Waals surface area contributed by atoms with Crippen LogP contribution in [0.2, 0.25) is 0 Å². The van der Waals surface area contributed by atoms with Crippen molar-refractivity contribution in [3.05, 3.63) is 59.4 Å². The summed E-state index contributed by atoms with van der Waals surface area (Å²) in [6.07, 6.45) is 3.87. The van der Waals surface area contributed by atoms with Crippen LogP contribution in [-0.4, -0.2) is 15.8 Å². The van der Waals surface area contributed by atoms with Crippen molar-refractivity contribution < 1.29 is 9.18 Å². The summed E-state index contributed by atoms with van der Waals surface area (Å²) < 4.78 is 13.4. The van der Waals surface area contributed by atoms with Crippen molar-refractivity contribution in [3.63, 3.8) is 0 Å². The SMILES string of the molecule is NCc1cc(C(=O)c2ccncc2F)ccn1.